The smallest absolute Gasteiger partial charge is 0.264 e. The minimum absolute atomic E-state index is 0.0922. The number of nitrogens with zero attached hydrogens (tertiary/aromatic N) is 2. The Morgan fingerprint density at radius 3 is 1.92 bits per heavy atom. The van der Waals surface area contributed by atoms with Gasteiger partial charge in [0.05, 0.1) is 29.8 Å². The second-order valence-corrected chi connectivity index (χ2v) is 11.5. The Labute approximate surface area is 222 Å². The lowest BCUT2D eigenvalue weighted by Gasteiger charge is -2.28. The standard InChI is InChI=1S/C32H28N2O3S/c1-23-17-19-26(20-18-23)38(36,37)34(32-16-8-10-24-9-2-3-11-27(24)32)22-25(35)21-33-30-14-6-4-12-28(30)29-13-5-7-15-31(29)33/h2-20,25,35H,21-22H2,1H3/t25-/m1/s1. The van der Waals surface area contributed by atoms with Crippen LogP contribution in [0.15, 0.2) is 120 Å². The molecule has 0 fully saturated rings. The molecular formula is C32H28N2O3S. The number of rotatable bonds is 7. The topological polar surface area (TPSA) is 62.5 Å². The van der Waals surface area contributed by atoms with Crippen LogP contribution in [0, 0.1) is 6.92 Å². The van der Waals surface area contributed by atoms with E-state index in [-0.39, 0.29) is 18.0 Å². The largest absolute Gasteiger partial charge is 0.389 e. The van der Waals surface area contributed by atoms with Crippen LogP contribution in [0.4, 0.5) is 5.69 Å². The summed E-state index contributed by atoms with van der Waals surface area (Å²) < 4.78 is 31.6. The highest BCUT2D eigenvalue weighted by Gasteiger charge is 2.29. The number of hydrogen-bond donors (Lipinski definition) is 1. The van der Waals surface area contributed by atoms with Crippen molar-refractivity contribution in [2.45, 2.75) is 24.5 Å². The molecule has 0 spiro atoms. The third-order valence-corrected chi connectivity index (χ3v) is 8.89. The average molecular weight is 521 g/mol. The molecule has 1 aromatic heterocycles. The van der Waals surface area contributed by atoms with Crippen molar-refractivity contribution >= 4 is 48.3 Å². The maximum absolute atomic E-state index is 14.1. The molecular weight excluding hydrogens is 492 g/mol. The van der Waals surface area contributed by atoms with Crippen molar-refractivity contribution < 1.29 is 13.5 Å². The Morgan fingerprint density at radius 2 is 1.26 bits per heavy atom. The van der Waals surface area contributed by atoms with Gasteiger partial charge >= 0.3 is 0 Å². The molecule has 6 aromatic rings. The van der Waals surface area contributed by atoms with E-state index >= 15 is 0 Å². The molecule has 1 atom stereocenters. The summed E-state index contributed by atoms with van der Waals surface area (Å²) >= 11 is 0. The molecule has 0 saturated carbocycles. The van der Waals surface area contributed by atoms with Gasteiger partial charge in [0.25, 0.3) is 10.0 Å². The van der Waals surface area contributed by atoms with Gasteiger partial charge in [0.15, 0.2) is 0 Å². The van der Waals surface area contributed by atoms with Gasteiger partial charge in [-0.05, 0) is 42.6 Å². The summed E-state index contributed by atoms with van der Waals surface area (Å²) in [6, 6.07) is 36.4. The number of sulfonamides is 1. The highest BCUT2D eigenvalue weighted by molar-refractivity contribution is 7.92. The molecule has 1 heterocycles. The van der Waals surface area contributed by atoms with Crippen LogP contribution in [0.5, 0.6) is 0 Å². The van der Waals surface area contributed by atoms with Crippen molar-refractivity contribution in [3.63, 3.8) is 0 Å². The average Bonchev–Trinajstić information content (AvgIpc) is 3.25. The molecule has 0 aliphatic rings. The number of anilines is 1. The first-order chi connectivity index (χ1) is 18.4. The predicted octanol–water partition coefficient (Wildman–Crippen LogP) is 6.51. The first kappa shape index (κ1) is 24.2. The summed E-state index contributed by atoms with van der Waals surface area (Å²) in [5, 5.41) is 15.4. The first-order valence-electron chi connectivity index (χ1n) is 12.6. The number of para-hydroxylation sites is 2. The van der Waals surface area contributed by atoms with Crippen LogP contribution in [0.25, 0.3) is 32.6 Å². The molecule has 38 heavy (non-hydrogen) atoms. The quantitative estimate of drug-likeness (QED) is 0.261. The first-order valence-corrected chi connectivity index (χ1v) is 14.1. The number of hydrogen-bond acceptors (Lipinski definition) is 3. The van der Waals surface area contributed by atoms with Gasteiger partial charge in [-0.25, -0.2) is 8.42 Å². The van der Waals surface area contributed by atoms with E-state index in [4.69, 9.17) is 0 Å². The van der Waals surface area contributed by atoms with Crippen molar-refractivity contribution in [1.82, 2.24) is 4.57 Å². The maximum atomic E-state index is 14.1. The fourth-order valence-corrected chi connectivity index (χ4v) is 6.77. The Morgan fingerprint density at radius 1 is 0.711 bits per heavy atom. The Hall–Kier alpha value is -4.13. The zero-order valence-electron chi connectivity index (χ0n) is 21.0. The van der Waals surface area contributed by atoms with Crippen LogP contribution in [0.3, 0.4) is 0 Å². The Kier molecular flexibility index (Phi) is 6.14. The summed E-state index contributed by atoms with van der Waals surface area (Å²) in [6.07, 6.45) is -0.964. The van der Waals surface area contributed by atoms with Crippen LogP contribution < -0.4 is 4.31 Å². The van der Waals surface area contributed by atoms with Gasteiger partial charge in [0, 0.05) is 27.2 Å². The lowest BCUT2D eigenvalue weighted by molar-refractivity contribution is 0.166. The van der Waals surface area contributed by atoms with Gasteiger partial charge in [-0.15, -0.1) is 0 Å². The number of benzene rings is 5. The fourth-order valence-electron chi connectivity index (χ4n) is 5.25. The maximum Gasteiger partial charge on any atom is 0.264 e. The third-order valence-electron chi connectivity index (χ3n) is 7.09. The number of fused-ring (bicyclic) bond motifs is 4. The molecule has 0 unspecified atom stereocenters. The van der Waals surface area contributed by atoms with E-state index in [2.05, 4.69) is 16.7 Å². The third kappa shape index (κ3) is 4.22. The lowest BCUT2D eigenvalue weighted by atomic mass is 10.1. The van der Waals surface area contributed by atoms with Crippen molar-refractivity contribution in [2.75, 3.05) is 10.8 Å². The Bertz CT molecular complexity index is 1820. The second kappa shape index (κ2) is 9.63. The molecule has 6 heteroatoms. The Balaban J connectivity index is 1.44. The molecule has 0 bridgehead atoms. The highest BCUT2D eigenvalue weighted by atomic mass is 32.2. The van der Waals surface area contributed by atoms with Crippen molar-refractivity contribution in [3.05, 3.63) is 121 Å². The highest BCUT2D eigenvalue weighted by Crippen LogP contribution is 2.33. The SMILES string of the molecule is Cc1ccc(S(=O)(=O)N(C[C@H](O)Cn2c3ccccc3c3ccccc32)c2cccc3ccccc23)cc1. The number of aryl methyl sites for hydroxylation is 1. The number of aromatic nitrogens is 1. The minimum atomic E-state index is -3.96. The van der Waals surface area contributed by atoms with Gasteiger partial charge in [0.1, 0.15) is 0 Å². The molecule has 5 aromatic carbocycles. The van der Waals surface area contributed by atoms with Crippen molar-refractivity contribution in [3.8, 4) is 0 Å². The molecule has 0 aliphatic heterocycles. The molecule has 0 radical (unpaired) electrons. The van der Waals surface area contributed by atoms with E-state index in [0.29, 0.717) is 5.69 Å². The van der Waals surface area contributed by atoms with Crippen molar-refractivity contribution in [1.29, 1.82) is 0 Å². The lowest BCUT2D eigenvalue weighted by Crippen LogP contribution is -2.39. The van der Waals surface area contributed by atoms with E-state index in [9.17, 15) is 13.5 Å². The second-order valence-electron chi connectivity index (χ2n) is 9.65. The summed E-state index contributed by atoms with van der Waals surface area (Å²) in [6.45, 7) is 2.08. The molecule has 1 N–H and O–H groups in total. The van der Waals surface area contributed by atoms with Gasteiger partial charge in [0.2, 0.25) is 0 Å². The van der Waals surface area contributed by atoms with E-state index in [1.165, 1.54) is 4.31 Å². The van der Waals surface area contributed by atoms with Gasteiger partial charge in [-0.3, -0.25) is 4.31 Å². The van der Waals surface area contributed by atoms with Crippen LogP contribution in [-0.2, 0) is 16.6 Å². The summed E-state index contributed by atoms with van der Waals surface area (Å²) in [5.74, 6) is 0. The zero-order valence-corrected chi connectivity index (χ0v) is 21.8. The van der Waals surface area contributed by atoms with E-state index < -0.39 is 16.1 Å². The molecule has 0 amide bonds. The predicted molar refractivity (Wildman–Crippen MR) is 155 cm³/mol. The summed E-state index contributed by atoms with van der Waals surface area (Å²) in [7, 11) is -3.96. The van der Waals surface area contributed by atoms with Gasteiger partial charge in [-0.1, -0.05) is 90.5 Å². The monoisotopic (exact) mass is 520 g/mol. The van der Waals surface area contributed by atoms with Crippen LogP contribution >= 0.6 is 0 Å². The summed E-state index contributed by atoms with van der Waals surface area (Å²) in [5.41, 5.74) is 3.54. The van der Waals surface area contributed by atoms with Crippen LogP contribution in [-0.4, -0.2) is 30.7 Å². The van der Waals surface area contributed by atoms with Crippen LogP contribution in [0.1, 0.15) is 5.56 Å². The minimum Gasteiger partial charge on any atom is -0.389 e. The normalized spacial score (nSPS) is 12.8. The number of aliphatic hydroxyl groups excluding tert-OH is 1. The molecule has 190 valence electrons. The number of aliphatic hydroxyl groups is 1. The molecule has 6 rings (SSSR count). The molecule has 0 aliphatic carbocycles. The van der Waals surface area contributed by atoms with Crippen LogP contribution in [0.2, 0.25) is 0 Å². The van der Waals surface area contributed by atoms with Gasteiger partial charge in [-0.2, -0.15) is 0 Å². The molecule has 5 nitrogen and oxygen atoms in total. The van der Waals surface area contributed by atoms with E-state index in [0.717, 1.165) is 38.1 Å². The molecule has 0 saturated heterocycles. The van der Waals surface area contributed by atoms with Crippen molar-refractivity contribution in [2.24, 2.45) is 0 Å². The van der Waals surface area contributed by atoms with E-state index in [1.807, 2.05) is 79.7 Å². The fraction of sp³-hybridized carbons (Fsp3) is 0.125. The van der Waals surface area contributed by atoms with E-state index in [1.54, 1.807) is 30.3 Å². The zero-order chi connectivity index (χ0) is 26.3. The van der Waals surface area contributed by atoms with Gasteiger partial charge < -0.3 is 9.67 Å². The summed E-state index contributed by atoms with van der Waals surface area (Å²) in [4.78, 5) is 0.195.